The molecule has 0 unspecified atom stereocenters. The summed E-state index contributed by atoms with van der Waals surface area (Å²) >= 11 is 0. The minimum Gasteiger partial charge on any atom is -0.489 e. The summed E-state index contributed by atoms with van der Waals surface area (Å²) in [6.07, 6.45) is 4.57. The van der Waals surface area contributed by atoms with E-state index < -0.39 is 6.67 Å². The summed E-state index contributed by atoms with van der Waals surface area (Å²) < 4.78 is 17.3. The number of nitrogens with zero attached hydrogens (tertiary/aromatic N) is 2. The van der Waals surface area contributed by atoms with Crippen LogP contribution in [0.15, 0.2) is 18.5 Å². The van der Waals surface area contributed by atoms with E-state index in [0.717, 1.165) is 38.3 Å². The molecule has 2 heterocycles. The molecule has 0 spiro atoms. The largest absolute Gasteiger partial charge is 0.489 e. The van der Waals surface area contributed by atoms with Crippen molar-refractivity contribution in [1.82, 2.24) is 10.3 Å². The van der Waals surface area contributed by atoms with Crippen molar-refractivity contribution in [3.8, 4) is 5.75 Å². The predicted octanol–water partition coefficient (Wildman–Crippen LogP) is 1.23. The van der Waals surface area contributed by atoms with Crippen LogP contribution < -0.4 is 15.0 Å². The van der Waals surface area contributed by atoms with Crippen LogP contribution in [0.3, 0.4) is 0 Å². The third-order valence-electron chi connectivity index (χ3n) is 2.75. The van der Waals surface area contributed by atoms with Gasteiger partial charge in [-0.25, -0.2) is 4.39 Å². The van der Waals surface area contributed by atoms with Gasteiger partial charge in [0, 0.05) is 25.7 Å². The Labute approximate surface area is 101 Å². The molecule has 0 radical (unpaired) electrons. The van der Waals surface area contributed by atoms with Gasteiger partial charge in [-0.3, -0.25) is 4.98 Å². The maximum absolute atomic E-state index is 12.0. The van der Waals surface area contributed by atoms with E-state index in [1.807, 2.05) is 12.3 Å². The highest BCUT2D eigenvalue weighted by Gasteiger charge is 2.10. The lowest BCUT2D eigenvalue weighted by molar-refractivity contribution is 0.272. The van der Waals surface area contributed by atoms with Crippen LogP contribution in [0, 0.1) is 0 Å². The fourth-order valence-electron chi connectivity index (χ4n) is 1.92. The zero-order valence-corrected chi connectivity index (χ0v) is 9.86. The molecule has 0 aliphatic carbocycles. The van der Waals surface area contributed by atoms with Gasteiger partial charge in [0.15, 0.2) is 0 Å². The van der Waals surface area contributed by atoms with Crippen LogP contribution in [-0.2, 0) is 0 Å². The Hall–Kier alpha value is -1.36. The molecule has 0 atom stereocenters. The molecule has 0 aromatic carbocycles. The van der Waals surface area contributed by atoms with E-state index in [1.165, 1.54) is 0 Å². The van der Waals surface area contributed by atoms with Crippen LogP contribution in [0.5, 0.6) is 5.75 Å². The van der Waals surface area contributed by atoms with E-state index in [2.05, 4.69) is 15.2 Å². The quantitative estimate of drug-likeness (QED) is 0.857. The minimum atomic E-state index is -0.474. The molecular formula is C12H18FN3O. The standard InChI is InChI=1S/C12H18FN3O/c13-2-7-17-12-8-11(9-15-10-12)16-5-1-3-14-4-6-16/h8-10,14H,1-7H2. The second-order valence-corrected chi connectivity index (χ2v) is 4.01. The summed E-state index contributed by atoms with van der Waals surface area (Å²) in [6.45, 7) is 3.64. The molecule has 17 heavy (non-hydrogen) atoms. The van der Waals surface area contributed by atoms with Gasteiger partial charge < -0.3 is 15.0 Å². The molecule has 1 aliphatic heterocycles. The Bertz CT molecular complexity index is 340. The second-order valence-electron chi connectivity index (χ2n) is 4.01. The zero-order chi connectivity index (χ0) is 11.9. The Morgan fingerprint density at radius 3 is 3.18 bits per heavy atom. The molecule has 1 aromatic heterocycles. The number of anilines is 1. The predicted molar refractivity (Wildman–Crippen MR) is 65.4 cm³/mol. The summed E-state index contributed by atoms with van der Waals surface area (Å²) in [5, 5.41) is 3.35. The first-order valence-corrected chi connectivity index (χ1v) is 5.99. The lowest BCUT2D eigenvalue weighted by Gasteiger charge is -2.22. The van der Waals surface area contributed by atoms with E-state index in [1.54, 1.807) is 6.20 Å². The highest BCUT2D eigenvalue weighted by molar-refractivity contribution is 5.48. The first-order valence-electron chi connectivity index (χ1n) is 5.99. The highest BCUT2D eigenvalue weighted by atomic mass is 19.1. The Balaban J connectivity index is 2.03. The minimum absolute atomic E-state index is 0.0900. The van der Waals surface area contributed by atoms with Crippen LogP contribution in [0.2, 0.25) is 0 Å². The molecule has 94 valence electrons. The van der Waals surface area contributed by atoms with E-state index in [-0.39, 0.29) is 6.61 Å². The van der Waals surface area contributed by atoms with Crippen molar-refractivity contribution in [2.75, 3.05) is 44.4 Å². The number of nitrogens with one attached hydrogen (secondary N) is 1. The molecule has 2 rings (SSSR count). The molecule has 5 heteroatoms. The fraction of sp³-hybridized carbons (Fsp3) is 0.583. The number of rotatable bonds is 4. The van der Waals surface area contributed by atoms with E-state index in [0.29, 0.717) is 5.75 Å². The summed E-state index contributed by atoms with van der Waals surface area (Å²) in [4.78, 5) is 6.41. The van der Waals surface area contributed by atoms with Crippen LogP contribution >= 0.6 is 0 Å². The maximum atomic E-state index is 12.0. The van der Waals surface area contributed by atoms with Crippen molar-refractivity contribution in [3.63, 3.8) is 0 Å². The number of hydrogen-bond acceptors (Lipinski definition) is 4. The van der Waals surface area contributed by atoms with E-state index in [9.17, 15) is 4.39 Å². The van der Waals surface area contributed by atoms with Gasteiger partial charge >= 0.3 is 0 Å². The molecular weight excluding hydrogens is 221 g/mol. The van der Waals surface area contributed by atoms with Crippen LogP contribution in [0.1, 0.15) is 6.42 Å². The summed E-state index contributed by atoms with van der Waals surface area (Å²) in [5.74, 6) is 0.636. The SMILES string of the molecule is FCCOc1cncc(N2CCCNCC2)c1. The molecule has 1 aromatic rings. The van der Waals surface area contributed by atoms with Crippen LogP contribution in [0.25, 0.3) is 0 Å². The number of alkyl halides is 1. The van der Waals surface area contributed by atoms with Crippen LogP contribution in [-0.4, -0.2) is 44.4 Å². The molecule has 1 N–H and O–H groups in total. The summed E-state index contributed by atoms with van der Waals surface area (Å²) in [6, 6.07) is 1.92. The molecule has 4 nitrogen and oxygen atoms in total. The van der Waals surface area contributed by atoms with E-state index in [4.69, 9.17) is 4.74 Å². The maximum Gasteiger partial charge on any atom is 0.139 e. The smallest absolute Gasteiger partial charge is 0.139 e. The lowest BCUT2D eigenvalue weighted by Crippen LogP contribution is -2.27. The van der Waals surface area contributed by atoms with Gasteiger partial charge in [0.25, 0.3) is 0 Å². The summed E-state index contributed by atoms with van der Waals surface area (Å²) in [7, 11) is 0. The topological polar surface area (TPSA) is 37.4 Å². The third kappa shape index (κ3) is 3.56. The van der Waals surface area contributed by atoms with Crippen molar-refractivity contribution in [3.05, 3.63) is 18.5 Å². The normalized spacial score (nSPS) is 16.6. The van der Waals surface area contributed by atoms with Gasteiger partial charge in [-0.15, -0.1) is 0 Å². The molecule has 1 saturated heterocycles. The van der Waals surface area contributed by atoms with Gasteiger partial charge in [0.1, 0.15) is 19.0 Å². The van der Waals surface area contributed by atoms with Crippen molar-refractivity contribution < 1.29 is 9.13 Å². The monoisotopic (exact) mass is 239 g/mol. The van der Waals surface area contributed by atoms with Gasteiger partial charge in [0.2, 0.25) is 0 Å². The van der Waals surface area contributed by atoms with E-state index >= 15 is 0 Å². The number of pyridine rings is 1. The Morgan fingerprint density at radius 2 is 2.29 bits per heavy atom. The first kappa shape index (κ1) is 12.1. The van der Waals surface area contributed by atoms with Crippen molar-refractivity contribution >= 4 is 5.69 Å². The van der Waals surface area contributed by atoms with Gasteiger partial charge in [-0.05, 0) is 13.0 Å². The number of ether oxygens (including phenoxy) is 1. The van der Waals surface area contributed by atoms with Gasteiger partial charge in [0.05, 0.1) is 18.1 Å². The third-order valence-corrected chi connectivity index (χ3v) is 2.75. The molecule has 0 amide bonds. The zero-order valence-electron chi connectivity index (χ0n) is 9.86. The van der Waals surface area contributed by atoms with Crippen LogP contribution in [0.4, 0.5) is 10.1 Å². The number of aromatic nitrogens is 1. The fourth-order valence-corrected chi connectivity index (χ4v) is 1.92. The molecule has 0 saturated carbocycles. The first-order chi connectivity index (χ1) is 8.40. The van der Waals surface area contributed by atoms with Gasteiger partial charge in [-0.1, -0.05) is 0 Å². The number of hydrogen-bond donors (Lipinski definition) is 1. The molecule has 1 aliphatic rings. The summed E-state index contributed by atoms with van der Waals surface area (Å²) in [5.41, 5.74) is 1.05. The average molecular weight is 239 g/mol. The Kier molecular flexibility index (Phi) is 4.55. The van der Waals surface area contributed by atoms with Gasteiger partial charge in [-0.2, -0.15) is 0 Å². The lowest BCUT2D eigenvalue weighted by atomic mass is 10.3. The molecule has 1 fully saturated rings. The van der Waals surface area contributed by atoms with Crippen molar-refractivity contribution in [2.45, 2.75) is 6.42 Å². The van der Waals surface area contributed by atoms with Crippen molar-refractivity contribution in [1.29, 1.82) is 0 Å². The average Bonchev–Trinajstić information content (AvgIpc) is 2.65. The second kappa shape index (κ2) is 6.39. The molecule has 0 bridgehead atoms. The highest BCUT2D eigenvalue weighted by Crippen LogP contribution is 2.20. The number of halogens is 1. The Morgan fingerprint density at radius 1 is 1.35 bits per heavy atom. The van der Waals surface area contributed by atoms with Crippen molar-refractivity contribution in [2.24, 2.45) is 0 Å².